The first-order valence-corrected chi connectivity index (χ1v) is 14.0. The van der Waals surface area contributed by atoms with Gasteiger partial charge in [0.15, 0.2) is 5.82 Å². The number of hydrogen-bond donors (Lipinski definition) is 0. The van der Waals surface area contributed by atoms with Crippen LogP contribution < -0.4 is 0 Å². The predicted molar refractivity (Wildman–Crippen MR) is 168 cm³/mol. The number of aromatic nitrogens is 6. The van der Waals surface area contributed by atoms with Crippen molar-refractivity contribution in [1.29, 1.82) is 0 Å². The van der Waals surface area contributed by atoms with E-state index in [9.17, 15) is 0 Å². The molecule has 0 fully saturated rings. The lowest BCUT2D eigenvalue weighted by molar-refractivity contribution is 1.04. The fourth-order valence-corrected chi connectivity index (χ4v) is 6.92. The van der Waals surface area contributed by atoms with Crippen LogP contribution in [0.25, 0.3) is 88.7 Å². The van der Waals surface area contributed by atoms with Crippen molar-refractivity contribution in [3.63, 3.8) is 0 Å². The SMILES string of the molecule is c1ccc2c(c1)-c1nc3ccccc3nc1-c1cc3c4ccccc4n(-c4cnccn4)c3c3c4ccccc4n-2c13. The van der Waals surface area contributed by atoms with Crippen molar-refractivity contribution < 1.29 is 0 Å². The van der Waals surface area contributed by atoms with Crippen LogP contribution in [0.2, 0.25) is 0 Å². The summed E-state index contributed by atoms with van der Waals surface area (Å²) in [6.45, 7) is 0. The Kier molecular flexibility index (Phi) is 4.10. The Morgan fingerprint density at radius 2 is 1.19 bits per heavy atom. The average molecular weight is 537 g/mol. The summed E-state index contributed by atoms with van der Waals surface area (Å²) in [4.78, 5) is 19.8. The van der Waals surface area contributed by atoms with Gasteiger partial charge in [0.05, 0.1) is 56.4 Å². The van der Waals surface area contributed by atoms with E-state index in [0.717, 1.165) is 83.3 Å². The molecule has 4 aromatic heterocycles. The maximum atomic E-state index is 5.32. The van der Waals surface area contributed by atoms with Gasteiger partial charge in [0.1, 0.15) is 0 Å². The first kappa shape index (κ1) is 21.9. The van der Waals surface area contributed by atoms with E-state index >= 15 is 0 Å². The molecule has 0 atom stereocenters. The van der Waals surface area contributed by atoms with E-state index in [-0.39, 0.29) is 0 Å². The van der Waals surface area contributed by atoms with Crippen molar-refractivity contribution in [1.82, 2.24) is 29.1 Å². The summed E-state index contributed by atoms with van der Waals surface area (Å²) >= 11 is 0. The molecule has 0 spiro atoms. The fourth-order valence-electron chi connectivity index (χ4n) is 6.92. The minimum atomic E-state index is 0.788. The minimum Gasteiger partial charge on any atom is -0.308 e. The topological polar surface area (TPSA) is 61.4 Å². The molecule has 0 N–H and O–H groups in total. The number of benzene rings is 5. The molecule has 6 nitrogen and oxygen atoms in total. The molecule has 0 radical (unpaired) electrons. The van der Waals surface area contributed by atoms with Gasteiger partial charge in [-0.15, -0.1) is 0 Å². The second kappa shape index (κ2) is 7.86. The summed E-state index contributed by atoms with van der Waals surface area (Å²) in [5.41, 5.74) is 11.2. The highest BCUT2D eigenvalue weighted by atomic mass is 15.1. The lowest BCUT2D eigenvalue weighted by Gasteiger charge is -2.11. The fraction of sp³-hybridized carbons (Fsp3) is 0. The second-order valence-corrected chi connectivity index (χ2v) is 10.7. The molecule has 5 aromatic carbocycles. The number of rotatable bonds is 1. The summed E-state index contributed by atoms with van der Waals surface area (Å²) in [6, 6.07) is 36.2. The van der Waals surface area contributed by atoms with Gasteiger partial charge >= 0.3 is 0 Å². The minimum absolute atomic E-state index is 0.788. The van der Waals surface area contributed by atoms with Crippen LogP contribution in [0.3, 0.4) is 0 Å². The maximum Gasteiger partial charge on any atom is 0.156 e. The first-order valence-electron chi connectivity index (χ1n) is 14.0. The molecule has 0 aliphatic carbocycles. The normalized spacial score (nSPS) is 12.3. The van der Waals surface area contributed by atoms with E-state index in [4.69, 9.17) is 15.0 Å². The molecule has 5 heterocycles. The summed E-state index contributed by atoms with van der Waals surface area (Å²) < 4.78 is 4.67. The van der Waals surface area contributed by atoms with Crippen LogP contribution in [0.15, 0.2) is 122 Å². The Labute approximate surface area is 239 Å². The monoisotopic (exact) mass is 536 g/mol. The van der Waals surface area contributed by atoms with E-state index < -0.39 is 0 Å². The quantitative estimate of drug-likeness (QED) is 0.212. The Morgan fingerprint density at radius 3 is 1.98 bits per heavy atom. The van der Waals surface area contributed by atoms with Crippen molar-refractivity contribution in [2.45, 2.75) is 0 Å². The third-order valence-electron chi connectivity index (χ3n) is 8.57. The standard InChI is InChI=1S/C36H20N6/c1-6-14-28-21(9-1)24-19-25-34-33(39-26-12-4-5-13-27(26)40-34)23-11-3-8-16-30(23)41-29-15-7-2-10-22(29)32(36(25)41)35(24)42(28)31-20-37-17-18-38-31/h1-20H. The van der Waals surface area contributed by atoms with Gasteiger partial charge in [-0.05, 0) is 36.4 Å². The zero-order valence-corrected chi connectivity index (χ0v) is 22.2. The average Bonchev–Trinajstić information content (AvgIpc) is 3.53. The van der Waals surface area contributed by atoms with Crippen LogP contribution in [0.5, 0.6) is 0 Å². The van der Waals surface area contributed by atoms with Gasteiger partial charge < -0.3 is 4.57 Å². The summed E-state index contributed by atoms with van der Waals surface area (Å²) in [6.07, 6.45) is 5.31. The molecule has 0 bridgehead atoms. The van der Waals surface area contributed by atoms with Gasteiger partial charge in [0.25, 0.3) is 0 Å². The van der Waals surface area contributed by atoms with Gasteiger partial charge in [-0.2, -0.15) is 0 Å². The Bertz CT molecular complexity index is 2580. The molecule has 10 rings (SSSR count). The van der Waals surface area contributed by atoms with Crippen molar-refractivity contribution >= 4 is 54.6 Å². The largest absolute Gasteiger partial charge is 0.308 e. The van der Waals surface area contributed by atoms with Crippen LogP contribution >= 0.6 is 0 Å². The first-order chi connectivity index (χ1) is 20.9. The van der Waals surface area contributed by atoms with Gasteiger partial charge in [-0.3, -0.25) is 9.55 Å². The van der Waals surface area contributed by atoms with Gasteiger partial charge in [-0.1, -0.05) is 66.7 Å². The van der Waals surface area contributed by atoms with Crippen LogP contribution in [0.1, 0.15) is 0 Å². The summed E-state index contributed by atoms with van der Waals surface area (Å²) in [7, 11) is 0. The van der Waals surface area contributed by atoms with Crippen molar-refractivity contribution in [2.75, 3.05) is 0 Å². The lowest BCUT2D eigenvalue weighted by Crippen LogP contribution is -1.98. The number of fused-ring (bicyclic) bond motifs is 13. The van der Waals surface area contributed by atoms with Crippen molar-refractivity contribution in [3.8, 4) is 34.0 Å². The molecule has 1 aliphatic heterocycles. The highest BCUT2D eigenvalue weighted by molar-refractivity contribution is 6.30. The number of nitrogens with zero attached hydrogens (tertiary/aromatic N) is 6. The zero-order chi connectivity index (χ0) is 27.4. The molecular weight excluding hydrogens is 516 g/mol. The highest BCUT2D eigenvalue weighted by Gasteiger charge is 2.30. The molecule has 0 saturated carbocycles. The third kappa shape index (κ3) is 2.68. The molecule has 0 unspecified atom stereocenters. The van der Waals surface area contributed by atoms with Crippen LogP contribution in [0, 0.1) is 0 Å². The van der Waals surface area contributed by atoms with E-state index in [2.05, 4.69) is 93.0 Å². The van der Waals surface area contributed by atoms with Gasteiger partial charge in [0.2, 0.25) is 0 Å². The van der Waals surface area contributed by atoms with Gasteiger partial charge in [0, 0.05) is 45.1 Å². The van der Waals surface area contributed by atoms with E-state index in [1.807, 2.05) is 30.5 Å². The molecule has 0 amide bonds. The van der Waals surface area contributed by atoms with E-state index in [1.165, 1.54) is 5.39 Å². The Hall–Kier alpha value is -5.88. The molecule has 194 valence electrons. The maximum absolute atomic E-state index is 5.32. The van der Waals surface area contributed by atoms with E-state index in [0.29, 0.717) is 0 Å². The molecule has 1 aliphatic rings. The summed E-state index contributed by atoms with van der Waals surface area (Å²) in [5.74, 6) is 0.788. The third-order valence-corrected chi connectivity index (χ3v) is 8.57. The number of hydrogen-bond acceptors (Lipinski definition) is 4. The molecule has 9 aromatic rings. The second-order valence-electron chi connectivity index (χ2n) is 10.7. The Morgan fingerprint density at radius 1 is 0.524 bits per heavy atom. The van der Waals surface area contributed by atoms with Crippen LogP contribution in [0.4, 0.5) is 0 Å². The Balaban J connectivity index is 1.54. The molecule has 42 heavy (non-hydrogen) atoms. The lowest BCUT2D eigenvalue weighted by atomic mass is 9.98. The van der Waals surface area contributed by atoms with Gasteiger partial charge in [-0.25, -0.2) is 15.0 Å². The summed E-state index contributed by atoms with van der Waals surface area (Å²) in [5, 5.41) is 4.65. The van der Waals surface area contributed by atoms with Crippen molar-refractivity contribution in [2.24, 2.45) is 0 Å². The number of para-hydroxylation sites is 5. The van der Waals surface area contributed by atoms with Crippen molar-refractivity contribution in [3.05, 3.63) is 122 Å². The molecule has 0 saturated heterocycles. The molecular formula is C36H20N6. The highest BCUT2D eigenvalue weighted by Crippen LogP contribution is 2.50. The van der Waals surface area contributed by atoms with Crippen LogP contribution in [-0.4, -0.2) is 29.1 Å². The van der Waals surface area contributed by atoms with Crippen LogP contribution in [-0.2, 0) is 0 Å². The molecule has 6 heteroatoms. The predicted octanol–water partition coefficient (Wildman–Crippen LogP) is 8.26. The van der Waals surface area contributed by atoms with E-state index in [1.54, 1.807) is 12.4 Å². The smallest absolute Gasteiger partial charge is 0.156 e. The zero-order valence-electron chi connectivity index (χ0n) is 22.2.